The smallest absolute Gasteiger partial charge is 0.305 e. The van der Waals surface area contributed by atoms with Crippen molar-refractivity contribution in [3.8, 4) is 0 Å². The zero-order chi connectivity index (χ0) is 51.4. The van der Waals surface area contributed by atoms with Crippen LogP contribution in [0.25, 0.3) is 0 Å². The van der Waals surface area contributed by atoms with Gasteiger partial charge in [0.15, 0.2) is 0 Å². The summed E-state index contributed by atoms with van der Waals surface area (Å²) in [5, 5.41) is 23.3. The molecule has 0 spiro atoms. The summed E-state index contributed by atoms with van der Waals surface area (Å²) in [7, 11) is 0. The summed E-state index contributed by atoms with van der Waals surface area (Å²) in [4.78, 5) is 24.6. The predicted molar refractivity (Wildman–Crippen MR) is 310 cm³/mol. The number of amides is 1. The van der Waals surface area contributed by atoms with Crippen LogP contribution in [0.15, 0.2) is 48.6 Å². The third-order valence-electron chi connectivity index (χ3n) is 14.4. The van der Waals surface area contributed by atoms with E-state index in [4.69, 9.17) is 4.74 Å². The summed E-state index contributed by atoms with van der Waals surface area (Å²) in [6.07, 6.45) is 76.9. The average Bonchev–Trinajstić information content (AvgIpc) is 3.37. The molecule has 3 N–H and O–H groups in total. The van der Waals surface area contributed by atoms with E-state index in [2.05, 4.69) is 67.8 Å². The van der Waals surface area contributed by atoms with E-state index >= 15 is 0 Å². The Morgan fingerprint density at radius 3 is 1.18 bits per heavy atom. The standard InChI is InChI=1S/C65H121NO5/c1-3-5-7-9-11-13-15-17-19-21-23-25-26-29-33-37-41-45-49-53-57-63(68)62(61-67)66-64(69)58-54-50-46-42-38-34-30-28-32-36-40-44-48-52-56-60-71-65(70)59-55-51-47-43-39-35-31-27-24-22-20-18-16-14-12-10-8-6-4-2/h12,14,18,20,28,32,36,40,62-63,67-68H,3-11,13,15-17,19,21-27,29-31,33-35,37-39,41-61H2,1-2H3,(H,66,69)/b14-12-,20-18-,32-28-,40-36-. The Balaban J connectivity index is 3.50. The molecule has 2 atom stereocenters. The number of unbranched alkanes of at least 4 members (excludes halogenated alkanes) is 40. The summed E-state index contributed by atoms with van der Waals surface area (Å²) >= 11 is 0. The highest BCUT2D eigenvalue weighted by atomic mass is 16.5. The second kappa shape index (κ2) is 60.4. The lowest BCUT2D eigenvalue weighted by Crippen LogP contribution is -2.45. The molecule has 416 valence electrons. The third-order valence-corrected chi connectivity index (χ3v) is 14.4. The summed E-state index contributed by atoms with van der Waals surface area (Å²) in [5.41, 5.74) is 0. The van der Waals surface area contributed by atoms with E-state index in [1.54, 1.807) is 0 Å². The van der Waals surface area contributed by atoms with Crippen molar-refractivity contribution in [2.75, 3.05) is 13.2 Å². The molecule has 0 aliphatic heterocycles. The number of carbonyl (C=O) groups excluding carboxylic acids is 2. The maximum Gasteiger partial charge on any atom is 0.305 e. The van der Waals surface area contributed by atoms with Crippen molar-refractivity contribution in [2.45, 2.75) is 341 Å². The number of rotatable bonds is 58. The van der Waals surface area contributed by atoms with Gasteiger partial charge in [-0.25, -0.2) is 0 Å². The number of carbonyl (C=O) groups is 2. The van der Waals surface area contributed by atoms with Crippen molar-refractivity contribution in [2.24, 2.45) is 0 Å². The minimum atomic E-state index is -0.681. The molecule has 0 radical (unpaired) electrons. The molecule has 6 heteroatoms. The average molecular weight is 997 g/mol. The van der Waals surface area contributed by atoms with Crippen molar-refractivity contribution < 1.29 is 24.5 Å². The van der Waals surface area contributed by atoms with E-state index in [-0.39, 0.29) is 18.5 Å². The Labute approximate surface area is 442 Å². The van der Waals surface area contributed by atoms with E-state index in [1.165, 1.54) is 212 Å². The maximum absolute atomic E-state index is 12.5. The molecule has 0 saturated heterocycles. The molecule has 0 heterocycles. The van der Waals surface area contributed by atoms with Gasteiger partial charge in [0.25, 0.3) is 0 Å². The highest BCUT2D eigenvalue weighted by molar-refractivity contribution is 5.76. The quantitative estimate of drug-likeness (QED) is 0.0244. The van der Waals surface area contributed by atoms with Crippen LogP contribution >= 0.6 is 0 Å². The van der Waals surface area contributed by atoms with Gasteiger partial charge in [0.2, 0.25) is 5.91 Å². The normalized spacial score (nSPS) is 12.9. The van der Waals surface area contributed by atoms with Crippen LogP contribution in [-0.2, 0) is 14.3 Å². The molecule has 0 aromatic heterocycles. The van der Waals surface area contributed by atoms with Gasteiger partial charge in [-0.3, -0.25) is 9.59 Å². The second-order valence-corrected chi connectivity index (χ2v) is 21.4. The number of hydrogen-bond donors (Lipinski definition) is 3. The van der Waals surface area contributed by atoms with E-state index < -0.39 is 12.1 Å². The third kappa shape index (κ3) is 57.0. The molecule has 1 amide bonds. The van der Waals surface area contributed by atoms with Crippen LogP contribution in [0.3, 0.4) is 0 Å². The van der Waals surface area contributed by atoms with Gasteiger partial charge in [-0.1, -0.05) is 274 Å². The molecule has 0 bridgehead atoms. The topological polar surface area (TPSA) is 95.9 Å². The first-order valence-corrected chi connectivity index (χ1v) is 31.4. The van der Waals surface area contributed by atoms with Crippen molar-refractivity contribution in [1.82, 2.24) is 5.32 Å². The van der Waals surface area contributed by atoms with Crippen molar-refractivity contribution in [1.29, 1.82) is 0 Å². The zero-order valence-electron chi connectivity index (χ0n) is 47.5. The Morgan fingerprint density at radius 1 is 0.408 bits per heavy atom. The number of esters is 1. The molecule has 0 saturated carbocycles. The summed E-state index contributed by atoms with van der Waals surface area (Å²) < 4.78 is 5.46. The molecule has 0 aliphatic carbocycles. The lowest BCUT2D eigenvalue weighted by Gasteiger charge is -2.22. The Hall–Kier alpha value is -2.18. The first kappa shape index (κ1) is 68.8. The van der Waals surface area contributed by atoms with Gasteiger partial charge in [0.05, 0.1) is 25.4 Å². The fourth-order valence-electron chi connectivity index (χ4n) is 9.54. The van der Waals surface area contributed by atoms with Crippen molar-refractivity contribution in [3.63, 3.8) is 0 Å². The molecule has 0 fully saturated rings. The fourth-order valence-corrected chi connectivity index (χ4v) is 9.54. The largest absolute Gasteiger partial charge is 0.466 e. The SMILES string of the molecule is CCCCC/C=C\C/C=C\CCCCCCCCCCCC(=O)OCCCCC/C=C\C=C/CCCCCCCCC(=O)NC(CO)C(O)CCCCCCCCCCCCCCCCCCCCCC. The Bertz CT molecular complexity index is 1190. The minimum absolute atomic E-state index is 0.0252. The summed E-state index contributed by atoms with van der Waals surface area (Å²) in [6, 6.07) is -0.560. The molecular weight excluding hydrogens is 875 g/mol. The number of ether oxygens (including phenoxy) is 1. The van der Waals surface area contributed by atoms with Gasteiger partial charge in [-0.15, -0.1) is 0 Å². The Kier molecular flexibility index (Phi) is 58.5. The molecular formula is C65H121NO5. The van der Waals surface area contributed by atoms with Crippen molar-refractivity contribution in [3.05, 3.63) is 48.6 Å². The minimum Gasteiger partial charge on any atom is -0.466 e. The van der Waals surface area contributed by atoms with Crippen LogP contribution in [0, 0.1) is 0 Å². The molecule has 0 aromatic carbocycles. The first-order valence-electron chi connectivity index (χ1n) is 31.4. The van der Waals surface area contributed by atoms with Crippen molar-refractivity contribution >= 4 is 11.9 Å². The number of nitrogens with one attached hydrogen (secondary N) is 1. The van der Waals surface area contributed by atoms with Crippen LogP contribution in [0.1, 0.15) is 328 Å². The van der Waals surface area contributed by atoms with E-state index in [1.807, 2.05) is 0 Å². The summed E-state index contributed by atoms with van der Waals surface area (Å²) in [5.74, 6) is -0.0809. The first-order chi connectivity index (χ1) is 35.0. The molecule has 0 aliphatic rings. The molecule has 0 rings (SSSR count). The van der Waals surface area contributed by atoms with Crippen LogP contribution < -0.4 is 5.32 Å². The van der Waals surface area contributed by atoms with E-state index in [0.29, 0.717) is 25.9 Å². The number of hydrogen-bond acceptors (Lipinski definition) is 5. The predicted octanol–water partition coefficient (Wildman–Crippen LogP) is 19.7. The number of allylic oxidation sites excluding steroid dienone is 8. The number of aliphatic hydroxyl groups excluding tert-OH is 2. The highest BCUT2D eigenvalue weighted by Gasteiger charge is 2.20. The van der Waals surface area contributed by atoms with Crippen LogP contribution in [0.4, 0.5) is 0 Å². The van der Waals surface area contributed by atoms with E-state index in [0.717, 1.165) is 83.5 Å². The lowest BCUT2D eigenvalue weighted by atomic mass is 10.0. The van der Waals surface area contributed by atoms with E-state index in [9.17, 15) is 19.8 Å². The van der Waals surface area contributed by atoms with Gasteiger partial charge < -0.3 is 20.3 Å². The zero-order valence-corrected chi connectivity index (χ0v) is 47.5. The fraction of sp³-hybridized carbons (Fsp3) is 0.846. The monoisotopic (exact) mass is 996 g/mol. The number of aliphatic hydroxyl groups is 2. The van der Waals surface area contributed by atoms with Gasteiger partial charge in [-0.2, -0.15) is 0 Å². The molecule has 71 heavy (non-hydrogen) atoms. The van der Waals surface area contributed by atoms with Gasteiger partial charge >= 0.3 is 5.97 Å². The molecule has 2 unspecified atom stereocenters. The van der Waals surface area contributed by atoms with Crippen LogP contribution in [-0.4, -0.2) is 47.4 Å². The maximum atomic E-state index is 12.5. The summed E-state index contributed by atoms with van der Waals surface area (Å²) in [6.45, 7) is 4.89. The molecule has 6 nitrogen and oxygen atoms in total. The van der Waals surface area contributed by atoms with Gasteiger partial charge in [0, 0.05) is 12.8 Å². The van der Waals surface area contributed by atoms with Crippen LogP contribution in [0.5, 0.6) is 0 Å². The van der Waals surface area contributed by atoms with Gasteiger partial charge in [-0.05, 0) is 89.9 Å². The molecule has 0 aromatic rings. The van der Waals surface area contributed by atoms with Crippen LogP contribution in [0.2, 0.25) is 0 Å². The second-order valence-electron chi connectivity index (χ2n) is 21.4. The Morgan fingerprint density at radius 2 is 0.746 bits per heavy atom. The highest BCUT2D eigenvalue weighted by Crippen LogP contribution is 2.17. The lowest BCUT2D eigenvalue weighted by molar-refractivity contribution is -0.143. The van der Waals surface area contributed by atoms with Gasteiger partial charge in [0.1, 0.15) is 0 Å².